The summed E-state index contributed by atoms with van der Waals surface area (Å²) >= 11 is 0. The molecule has 0 heterocycles. The molecule has 0 fully saturated rings. The number of hydrogen-bond acceptors (Lipinski definition) is 4. The first-order chi connectivity index (χ1) is 9.86. The minimum Gasteiger partial charge on any atom is -0.210 e. The Hall–Kier alpha value is -1.70. The van der Waals surface area contributed by atoms with E-state index in [1.165, 1.54) is 0 Å². The van der Waals surface area contributed by atoms with Gasteiger partial charge in [0.25, 0.3) is 0 Å². The van der Waals surface area contributed by atoms with Gasteiger partial charge >= 0.3 is 0 Å². The third kappa shape index (κ3) is 5.30. The van der Waals surface area contributed by atoms with Gasteiger partial charge in [-0.15, -0.1) is 0 Å². The molecule has 0 aliphatic heterocycles. The topological polar surface area (TPSA) is 82.4 Å². The van der Waals surface area contributed by atoms with Crippen molar-refractivity contribution in [2.45, 2.75) is 11.5 Å². The Balaban J connectivity index is 2.09. The van der Waals surface area contributed by atoms with Crippen LogP contribution in [0.4, 0.5) is 0 Å². The monoisotopic (exact) mass is 324 g/mol. The van der Waals surface area contributed by atoms with E-state index in [9.17, 15) is 16.8 Å². The van der Waals surface area contributed by atoms with Crippen molar-refractivity contribution >= 4 is 20.0 Å². The number of nitrogens with zero attached hydrogens (tertiary/aromatic N) is 1. The van der Waals surface area contributed by atoms with Crippen LogP contribution in [0.5, 0.6) is 0 Å². The van der Waals surface area contributed by atoms with Crippen molar-refractivity contribution in [3.05, 3.63) is 71.8 Å². The highest BCUT2D eigenvalue weighted by molar-refractivity contribution is 8.03. The van der Waals surface area contributed by atoms with E-state index in [-0.39, 0.29) is 0 Å². The van der Waals surface area contributed by atoms with Gasteiger partial charge in [0.05, 0.1) is 11.5 Å². The maximum absolute atomic E-state index is 11.9. The van der Waals surface area contributed by atoms with Crippen molar-refractivity contribution < 1.29 is 16.8 Å². The van der Waals surface area contributed by atoms with Crippen LogP contribution in [0, 0.1) is 0 Å². The zero-order valence-corrected chi connectivity index (χ0v) is 12.7. The lowest BCUT2D eigenvalue weighted by Gasteiger charge is -2.05. The lowest BCUT2D eigenvalue weighted by Crippen LogP contribution is -2.26. The van der Waals surface area contributed by atoms with Crippen LogP contribution in [0.15, 0.2) is 60.7 Å². The standard InChI is InChI=1S/C14H14NO4S2/c16-20(17,11-13-7-3-1-4-8-13)15-21(18,19)12-14-9-5-2-6-10-14/h1-10H,11-12H2. The molecular weight excluding hydrogens is 310 g/mol. The van der Waals surface area contributed by atoms with Crippen molar-refractivity contribution in [2.24, 2.45) is 0 Å². The zero-order chi connectivity index (χ0) is 15.3. The summed E-state index contributed by atoms with van der Waals surface area (Å²) in [5.41, 5.74) is 0.993. The van der Waals surface area contributed by atoms with Crippen LogP contribution in [0.25, 0.3) is 0 Å². The van der Waals surface area contributed by atoms with Gasteiger partial charge in [-0.25, -0.2) is 16.8 Å². The second-order valence-corrected chi connectivity index (χ2v) is 8.00. The van der Waals surface area contributed by atoms with E-state index in [2.05, 4.69) is 4.13 Å². The Morgan fingerprint density at radius 1 is 0.619 bits per heavy atom. The fourth-order valence-electron chi connectivity index (χ4n) is 1.80. The van der Waals surface area contributed by atoms with Crippen LogP contribution < -0.4 is 4.13 Å². The van der Waals surface area contributed by atoms with Gasteiger partial charge in [0, 0.05) is 4.13 Å². The molecule has 0 amide bonds. The van der Waals surface area contributed by atoms with Crippen molar-refractivity contribution in [1.82, 2.24) is 4.13 Å². The molecule has 0 N–H and O–H groups in total. The predicted octanol–water partition coefficient (Wildman–Crippen LogP) is 1.65. The number of benzene rings is 2. The molecular formula is C14H14NO4S2. The fraction of sp³-hybridized carbons (Fsp3) is 0.143. The third-order valence-corrected chi connectivity index (χ3v) is 5.82. The molecule has 0 unspecified atom stereocenters. The fourth-order valence-corrected chi connectivity index (χ4v) is 4.83. The molecule has 21 heavy (non-hydrogen) atoms. The molecule has 0 aliphatic carbocycles. The zero-order valence-electron chi connectivity index (χ0n) is 11.1. The highest BCUT2D eigenvalue weighted by Crippen LogP contribution is 2.10. The van der Waals surface area contributed by atoms with Crippen LogP contribution in [-0.4, -0.2) is 16.8 Å². The summed E-state index contributed by atoms with van der Waals surface area (Å²) in [6.07, 6.45) is 0. The lowest BCUT2D eigenvalue weighted by atomic mass is 10.2. The second kappa shape index (κ2) is 6.38. The average molecular weight is 324 g/mol. The minimum atomic E-state index is -4.08. The maximum atomic E-state index is 11.9. The van der Waals surface area contributed by atoms with Crippen LogP contribution in [0.1, 0.15) is 11.1 Å². The van der Waals surface area contributed by atoms with Gasteiger partial charge < -0.3 is 0 Å². The van der Waals surface area contributed by atoms with E-state index >= 15 is 0 Å². The molecule has 0 aromatic heterocycles. The van der Waals surface area contributed by atoms with Crippen molar-refractivity contribution in [2.75, 3.05) is 0 Å². The van der Waals surface area contributed by atoms with Gasteiger partial charge in [-0.1, -0.05) is 60.7 Å². The van der Waals surface area contributed by atoms with E-state index in [4.69, 9.17) is 0 Å². The lowest BCUT2D eigenvalue weighted by molar-refractivity contribution is 0.575. The largest absolute Gasteiger partial charge is 0.246 e. The molecule has 2 aromatic rings. The first kappa shape index (κ1) is 15.7. The molecule has 0 bridgehead atoms. The van der Waals surface area contributed by atoms with Crippen LogP contribution in [-0.2, 0) is 31.6 Å². The van der Waals surface area contributed by atoms with Crippen molar-refractivity contribution in [1.29, 1.82) is 0 Å². The van der Waals surface area contributed by atoms with Crippen LogP contribution in [0.3, 0.4) is 0 Å². The van der Waals surface area contributed by atoms with Crippen molar-refractivity contribution in [3.63, 3.8) is 0 Å². The summed E-state index contributed by atoms with van der Waals surface area (Å²) in [6.45, 7) is 0. The molecule has 7 heteroatoms. The summed E-state index contributed by atoms with van der Waals surface area (Å²) in [5.74, 6) is -0.857. The molecule has 0 atom stereocenters. The number of hydrogen-bond donors (Lipinski definition) is 0. The van der Waals surface area contributed by atoms with E-state index < -0.39 is 31.6 Å². The SMILES string of the molecule is O=S(=O)(Cc1ccccc1)[N]S(=O)(=O)Cc1ccccc1. The van der Waals surface area contributed by atoms with Crippen molar-refractivity contribution in [3.8, 4) is 0 Å². The van der Waals surface area contributed by atoms with Gasteiger partial charge in [-0.3, -0.25) is 0 Å². The normalized spacial score (nSPS) is 12.2. The quantitative estimate of drug-likeness (QED) is 0.809. The average Bonchev–Trinajstić information content (AvgIpc) is 2.38. The Morgan fingerprint density at radius 2 is 0.952 bits per heavy atom. The Labute approximate surface area is 124 Å². The van der Waals surface area contributed by atoms with E-state index in [0.717, 1.165) is 0 Å². The van der Waals surface area contributed by atoms with Gasteiger partial charge in [-0.2, -0.15) is 0 Å². The number of sulfonamides is 2. The van der Waals surface area contributed by atoms with E-state index in [1.54, 1.807) is 60.7 Å². The smallest absolute Gasteiger partial charge is 0.210 e. The molecule has 2 aromatic carbocycles. The second-order valence-electron chi connectivity index (χ2n) is 4.50. The Bertz CT molecular complexity index is 716. The number of rotatable bonds is 6. The summed E-state index contributed by atoms with van der Waals surface area (Å²) in [4.78, 5) is 0. The molecule has 0 spiro atoms. The Kier molecular flexibility index (Phi) is 4.76. The van der Waals surface area contributed by atoms with Gasteiger partial charge in [0.2, 0.25) is 20.0 Å². The first-order valence-corrected chi connectivity index (χ1v) is 9.36. The molecule has 0 saturated carbocycles. The van der Waals surface area contributed by atoms with Crippen LogP contribution in [0.2, 0.25) is 0 Å². The summed E-state index contributed by atoms with van der Waals surface area (Å²) in [6, 6.07) is 16.7. The van der Waals surface area contributed by atoms with Gasteiger partial charge in [0.1, 0.15) is 0 Å². The maximum Gasteiger partial charge on any atom is 0.246 e. The van der Waals surface area contributed by atoms with Crippen LogP contribution >= 0.6 is 0 Å². The molecule has 0 saturated heterocycles. The minimum absolute atomic E-state index is 0.429. The third-order valence-electron chi connectivity index (χ3n) is 2.61. The first-order valence-electron chi connectivity index (χ1n) is 6.14. The molecule has 2 rings (SSSR count). The van der Waals surface area contributed by atoms with Gasteiger partial charge in [-0.05, 0) is 11.1 Å². The molecule has 111 valence electrons. The highest BCUT2D eigenvalue weighted by atomic mass is 32.3. The highest BCUT2D eigenvalue weighted by Gasteiger charge is 2.24. The predicted molar refractivity (Wildman–Crippen MR) is 80.3 cm³/mol. The van der Waals surface area contributed by atoms with E-state index in [1.807, 2.05) is 0 Å². The Morgan fingerprint density at radius 3 is 1.29 bits per heavy atom. The summed E-state index contributed by atoms with van der Waals surface area (Å²) in [7, 11) is -8.15. The molecule has 1 radical (unpaired) electrons. The van der Waals surface area contributed by atoms with E-state index in [0.29, 0.717) is 11.1 Å². The summed E-state index contributed by atoms with van der Waals surface area (Å²) in [5, 5.41) is 0. The van der Waals surface area contributed by atoms with Gasteiger partial charge in [0.15, 0.2) is 0 Å². The summed E-state index contributed by atoms with van der Waals surface area (Å²) < 4.78 is 50.5. The molecule has 5 nitrogen and oxygen atoms in total. The molecule has 0 aliphatic rings.